The molecule has 2 atom stereocenters. The molecule has 1 aliphatic heterocycles. The van der Waals surface area contributed by atoms with Crippen LogP contribution in [0.15, 0.2) is 30.9 Å². The topological polar surface area (TPSA) is 95.5 Å². The molecule has 0 bridgehead atoms. The maximum Gasteiger partial charge on any atom is 0.326 e. The smallest absolute Gasteiger partial charge is 0.326 e. The minimum Gasteiger partial charge on any atom is -0.480 e. The Hall–Kier alpha value is -2.70. The molecule has 0 radical (unpaired) electrons. The number of hydrogen-bond acceptors (Lipinski definition) is 3. The van der Waals surface area contributed by atoms with Gasteiger partial charge in [-0.05, 0) is 30.5 Å². The fraction of sp³-hybridized carbons (Fsp3) is 0.312. The highest BCUT2D eigenvalue weighted by atomic mass is 19.1. The molecule has 2 unspecified atom stereocenters. The summed E-state index contributed by atoms with van der Waals surface area (Å²) in [6.07, 6.45) is 2.09. The average molecular weight is 320 g/mol. The van der Waals surface area contributed by atoms with Crippen molar-refractivity contribution in [2.45, 2.75) is 31.2 Å². The summed E-state index contributed by atoms with van der Waals surface area (Å²) in [7, 11) is 0. The zero-order valence-electron chi connectivity index (χ0n) is 12.3. The molecular weight excluding hydrogens is 303 g/mol. The largest absolute Gasteiger partial charge is 0.480 e. The second-order valence-corrected chi connectivity index (χ2v) is 5.30. The normalized spacial score (nSPS) is 17.6. The molecule has 1 aromatic rings. The lowest BCUT2D eigenvalue weighted by Crippen LogP contribution is -2.44. The standard InChI is InChI=1S/C16H17FN2O4/c1-2-3-4-12(16(22)23)19-15(21)11-8-14(20)18-13-7-9(17)5-6-10(11)13/h2,5-7,11-12H,1,3-4,8H2,(H,18,20)(H,19,21)(H,22,23). The van der Waals surface area contributed by atoms with Crippen molar-refractivity contribution < 1.29 is 23.9 Å². The highest BCUT2D eigenvalue weighted by Crippen LogP contribution is 2.33. The Morgan fingerprint density at radius 2 is 2.26 bits per heavy atom. The van der Waals surface area contributed by atoms with Gasteiger partial charge in [0.15, 0.2) is 0 Å². The van der Waals surface area contributed by atoms with Crippen molar-refractivity contribution in [3.63, 3.8) is 0 Å². The minimum absolute atomic E-state index is 0.113. The van der Waals surface area contributed by atoms with E-state index >= 15 is 0 Å². The maximum absolute atomic E-state index is 13.3. The molecule has 1 aromatic carbocycles. The highest BCUT2D eigenvalue weighted by molar-refractivity contribution is 6.01. The Balaban J connectivity index is 2.20. The summed E-state index contributed by atoms with van der Waals surface area (Å²) in [6, 6.07) is 2.70. The van der Waals surface area contributed by atoms with Crippen LogP contribution in [0, 0.1) is 5.82 Å². The van der Waals surface area contributed by atoms with E-state index in [0.717, 1.165) is 6.07 Å². The third-order valence-electron chi connectivity index (χ3n) is 3.64. The first-order valence-electron chi connectivity index (χ1n) is 7.15. The molecule has 1 aliphatic rings. The predicted octanol–water partition coefficient (Wildman–Crippen LogP) is 1.79. The van der Waals surface area contributed by atoms with Crippen LogP contribution in [0.3, 0.4) is 0 Å². The molecule has 0 spiro atoms. The Bertz CT molecular complexity index is 659. The van der Waals surface area contributed by atoms with Crippen molar-refractivity contribution >= 4 is 23.5 Å². The maximum atomic E-state index is 13.3. The molecule has 0 aromatic heterocycles. The first kappa shape index (κ1) is 16.7. The minimum atomic E-state index is -1.15. The highest BCUT2D eigenvalue weighted by Gasteiger charge is 2.32. The zero-order valence-corrected chi connectivity index (χ0v) is 12.3. The fourth-order valence-corrected chi connectivity index (χ4v) is 2.49. The number of carbonyl (C=O) groups excluding carboxylic acids is 2. The van der Waals surface area contributed by atoms with Gasteiger partial charge in [0.05, 0.1) is 5.92 Å². The lowest BCUT2D eigenvalue weighted by molar-refractivity contribution is -0.142. The number of benzene rings is 1. The number of nitrogens with one attached hydrogen (secondary N) is 2. The number of carbonyl (C=O) groups is 3. The summed E-state index contributed by atoms with van der Waals surface area (Å²) in [5.41, 5.74) is 0.704. The Morgan fingerprint density at radius 3 is 2.91 bits per heavy atom. The third-order valence-corrected chi connectivity index (χ3v) is 3.64. The molecule has 7 heteroatoms. The van der Waals surface area contributed by atoms with Crippen LogP contribution < -0.4 is 10.6 Å². The molecule has 122 valence electrons. The molecular formula is C16H17FN2O4. The van der Waals surface area contributed by atoms with Crippen LogP contribution in [0.25, 0.3) is 0 Å². The SMILES string of the molecule is C=CCCC(NC(=O)C1CC(=O)Nc2cc(F)ccc21)C(=O)O. The second kappa shape index (κ2) is 7.04. The molecule has 0 aliphatic carbocycles. The van der Waals surface area contributed by atoms with Crippen LogP contribution in [0.2, 0.25) is 0 Å². The summed E-state index contributed by atoms with van der Waals surface area (Å²) in [4.78, 5) is 35.3. The van der Waals surface area contributed by atoms with E-state index in [0.29, 0.717) is 12.0 Å². The molecule has 23 heavy (non-hydrogen) atoms. The summed E-state index contributed by atoms with van der Waals surface area (Å²) in [5.74, 6) is -3.50. The molecule has 3 N–H and O–H groups in total. The summed E-state index contributed by atoms with van der Waals surface area (Å²) in [6.45, 7) is 3.51. The number of allylic oxidation sites excluding steroid dienone is 1. The molecule has 6 nitrogen and oxygen atoms in total. The van der Waals surface area contributed by atoms with Crippen LogP contribution in [-0.4, -0.2) is 28.9 Å². The van der Waals surface area contributed by atoms with Crippen molar-refractivity contribution in [1.82, 2.24) is 5.32 Å². The van der Waals surface area contributed by atoms with Gasteiger partial charge in [-0.15, -0.1) is 6.58 Å². The molecule has 2 amide bonds. The van der Waals surface area contributed by atoms with E-state index in [9.17, 15) is 18.8 Å². The van der Waals surface area contributed by atoms with Gasteiger partial charge in [-0.1, -0.05) is 12.1 Å². The number of rotatable bonds is 6. The van der Waals surface area contributed by atoms with Crippen LogP contribution in [0.1, 0.15) is 30.7 Å². The lowest BCUT2D eigenvalue weighted by atomic mass is 9.89. The molecule has 2 rings (SSSR count). The Labute approximate surface area is 132 Å². The number of amides is 2. The van der Waals surface area contributed by atoms with Crippen LogP contribution >= 0.6 is 0 Å². The number of halogens is 1. The van der Waals surface area contributed by atoms with Gasteiger partial charge in [0, 0.05) is 12.1 Å². The molecule has 0 fully saturated rings. The fourth-order valence-electron chi connectivity index (χ4n) is 2.49. The van der Waals surface area contributed by atoms with E-state index in [1.807, 2.05) is 0 Å². The first-order chi connectivity index (χ1) is 10.9. The van der Waals surface area contributed by atoms with E-state index in [1.165, 1.54) is 12.1 Å². The number of hydrogen-bond donors (Lipinski definition) is 3. The zero-order chi connectivity index (χ0) is 17.0. The van der Waals surface area contributed by atoms with Gasteiger partial charge in [0.2, 0.25) is 11.8 Å². The number of fused-ring (bicyclic) bond motifs is 1. The van der Waals surface area contributed by atoms with E-state index in [4.69, 9.17) is 5.11 Å². The quantitative estimate of drug-likeness (QED) is 0.696. The number of carboxylic acids is 1. The van der Waals surface area contributed by atoms with Gasteiger partial charge in [-0.25, -0.2) is 9.18 Å². The van der Waals surface area contributed by atoms with Crippen molar-refractivity contribution in [3.8, 4) is 0 Å². The number of aliphatic carboxylic acids is 1. The second-order valence-electron chi connectivity index (χ2n) is 5.30. The van der Waals surface area contributed by atoms with E-state index in [1.54, 1.807) is 6.08 Å². The van der Waals surface area contributed by atoms with Gasteiger partial charge >= 0.3 is 5.97 Å². The first-order valence-corrected chi connectivity index (χ1v) is 7.15. The summed E-state index contributed by atoms with van der Waals surface area (Å²) < 4.78 is 13.3. The van der Waals surface area contributed by atoms with Crippen LogP contribution in [-0.2, 0) is 14.4 Å². The monoisotopic (exact) mass is 320 g/mol. The Kier molecular flexibility index (Phi) is 5.10. The number of anilines is 1. The van der Waals surface area contributed by atoms with Gasteiger partial charge < -0.3 is 15.7 Å². The van der Waals surface area contributed by atoms with E-state index < -0.39 is 35.6 Å². The van der Waals surface area contributed by atoms with Gasteiger partial charge in [-0.3, -0.25) is 9.59 Å². The Morgan fingerprint density at radius 1 is 1.52 bits per heavy atom. The van der Waals surface area contributed by atoms with E-state index in [-0.39, 0.29) is 18.5 Å². The van der Waals surface area contributed by atoms with Crippen LogP contribution in [0.5, 0.6) is 0 Å². The number of carboxylic acid groups (broad SMARTS) is 1. The predicted molar refractivity (Wildman–Crippen MR) is 81.4 cm³/mol. The summed E-state index contributed by atoms with van der Waals surface area (Å²) >= 11 is 0. The molecule has 1 heterocycles. The van der Waals surface area contributed by atoms with Crippen LogP contribution in [0.4, 0.5) is 10.1 Å². The van der Waals surface area contributed by atoms with E-state index in [2.05, 4.69) is 17.2 Å². The van der Waals surface area contributed by atoms with Gasteiger partial charge in [-0.2, -0.15) is 0 Å². The molecule has 0 saturated carbocycles. The van der Waals surface area contributed by atoms with Crippen molar-refractivity contribution in [2.24, 2.45) is 0 Å². The summed E-state index contributed by atoms with van der Waals surface area (Å²) in [5, 5.41) is 14.1. The van der Waals surface area contributed by atoms with Crippen molar-refractivity contribution in [2.75, 3.05) is 5.32 Å². The van der Waals surface area contributed by atoms with Crippen molar-refractivity contribution in [1.29, 1.82) is 0 Å². The van der Waals surface area contributed by atoms with Gasteiger partial charge in [0.25, 0.3) is 0 Å². The average Bonchev–Trinajstić information content (AvgIpc) is 2.49. The van der Waals surface area contributed by atoms with Gasteiger partial charge in [0.1, 0.15) is 11.9 Å². The molecule has 0 saturated heterocycles. The lowest BCUT2D eigenvalue weighted by Gasteiger charge is -2.26. The third kappa shape index (κ3) is 3.94. The van der Waals surface area contributed by atoms with Crippen molar-refractivity contribution in [3.05, 3.63) is 42.2 Å².